The van der Waals surface area contributed by atoms with Crippen molar-refractivity contribution in [2.75, 3.05) is 4.90 Å². The first kappa shape index (κ1) is 20.0. The summed E-state index contributed by atoms with van der Waals surface area (Å²) in [6.07, 6.45) is 1.63. The Labute approximate surface area is 184 Å². The van der Waals surface area contributed by atoms with E-state index in [9.17, 15) is 9.59 Å². The third-order valence-electron chi connectivity index (χ3n) is 5.45. The molecule has 0 unspecified atom stereocenters. The second kappa shape index (κ2) is 7.33. The van der Waals surface area contributed by atoms with E-state index in [0.717, 1.165) is 35.4 Å². The number of aryl methyl sites for hydroxylation is 2. The third-order valence-corrected chi connectivity index (χ3v) is 5.45. The van der Waals surface area contributed by atoms with Gasteiger partial charge < -0.3 is 14.3 Å². The molecule has 0 bridgehead atoms. The van der Waals surface area contributed by atoms with Crippen molar-refractivity contribution in [1.29, 1.82) is 0 Å². The van der Waals surface area contributed by atoms with Crippen LogP contribution in [0.15, 0.2) is 35.3 Å². The number of ketones is 1. The first-order valence-corrected chi connectivity index (χ1v) is 8.77. The monoisotopic (exact) mass is 434 g/mol. The second-order valence-corrected chi connectivity index (χ2v) is 7.11. The summed E-state index contributed by atoms with van der Waals surface area (Å²) in [7, 11) is 1.86. The molecule has 4 rings (SSSR count). The molecule has 0 atom stereocenters. The van der Waals surface area contributed by atoms with E-state index in [1.165, 1.54) is 18.1 Å². The first-order valence-electron chi connectivity index (χ1n) is 8.77. The molecule has 0 saturated carbocycles. The van der Waals surface area contributed by atoms with Crippen LogP contribution in [0.5, 0.6) is 0 Å². The Bertz CT molecular complexity index is 1110. The summed E-state index contributed by atoms with van der Waals surface area (Å²) in [5.74, 6) is -0.205. The second-order valence-electron chi connectivity index (χ2n) is 7.11. The van der Waals surface area contributed by atoms with Gasteiger partial charge in [-0.25, -0.2) is 0 Å². The molecule has 2 heterocycles. The average molecular weight is 434 g/mol. The molecule has 1 aliphatic rings. The van der Waals surface area contributed by atoms with E-state index in [0.29, 0.717) is 5.39 Å². The SMILES string of the molecule is CC(=O)c1cn(C)c2[c-]c(N3Cc4ccccc4C3)c(C)c(C)c2c1=O.[Y]. The predicted octanol–water partition coefficient (Wildman–Crippen LogP) is 3.68. The maximum atomic E-state index is 12.8. The summed E-state index contributed by atoms with van der Waals surface area (Å²) in [5, 5.41) is 0.596. The third kappa shape index (κ3) is 3.19. The van der Waals surface area contributed by atoms with Crippen LogP contribution in [0.4, 0.5) is 5.69 Å². The Balaban J connectivity index is 0.00000210. The Morgan fingerprint density at radius 1 is 1.07 bits per heavy atom. The van der Waals surface area contributed by atoms with E-state index < -0.39 is 0 Å². The van der Waals surface area contributed by atoms with Gasteiger partial charge >= 0.3 is 0 Å². The Morgan fingerprint density at radius 3 is 2.22 bits per heavy atom. The summed E-state index contributed by atoms with van der Waals surface area (Å²) in [6.45, 7) is 7.12. The number of benzene rings is 2. The van der Waals surface area contributed by atoms with Gasteiger partial charge in [0.2, 0.25) is 0 Å². The fourth-order valence-electron chi connectivity index (χ4n) is 3.86. The summed E-state index contributed by atoms with van der Waals surface area (Å²) in [4.78, 5) is 27.0. The van der Waals surface area contributed by atoms with Crippen molar-refractivity contribution in [3.8, 4) is 0 Å². The van der Waals surface area contributed by atoms with Crippen molar-refractivity contribution >= 4 is 22.4 Å². The van der Waals surface area contributed by atoms with Crippen LogP contribution in [-0.4, -0.2) is 10.4 Å². The van der Waals surface area contributed by atoms with Crippen LogP contribution in [0.25, 0.3) is 10.9 Å². The molecule has 1 aromatic heterocycles. The Kier molecular flexibility index (Phi) is 5.42. The molecule has 0 aliphatic carbocycles. The normalized spacial score (nSPS) is 12.8. The minimum absolute atomic E-state index is 0. The van der Waals surface area contributed by atoms with Gasteiger partial charge in [0.1, 0.15) is 5.43 Å². The molecule has 4 nitrogen and oxygen atoms in total. The molecule has 2 aromatic carbocycles. The molecular formula is C22H21N2O2Y-. The zero-order chi connectivity index (χ0) is 18.6. The summed E-state index contributed by atoms with van der Waals surface area (Å²) < 4.78 is 1.84. The maximum Gasteiger partial charge on any atom is 0.164 e. The zero-order valence-corrected chi connectivity index (χ0v) is 18.9. The van der Waals surface area contributed by atoms with E-state index in [2.05, 4.69) is 35.2 Å². The van der Waals surface area contributed by atoms with Crippen molar-refractivity contribution in [2.45, 2.75) is 33.9 Å². The van der Waals surface area contributed by atoms with E-state index in [1.807, 2.05) is 25.5 Å². The van der Waals surface area contributed by atoms with E-state index in [1.54, 1.807) is 6.20 Å². The van der Waals surface area contributed by atoms with Gasteiger partial charge in [0, 0.05) is 59.0 Å². The molecule has 1 aliphatic heterocycles. The van der Waals surface area contributed by atoms with Crippen molar-refractivity contribution < 1.29 is 37.5 Å². The van der Waals surface area contributed by atoms with Gasteiger partial charge in [-0.3, -0.25) is 4.79 Å². The molecule has 5 heteroatoms. The van der Waals surface area contributed by atoms with Gasteiger partial charge in [0.25, 0.3) is 0 Å². The number of hydrogen-bond donors (Lipinski definition) is 0. The van der Waals surface area contributed by atoms with E-state index >= 15 is 0 Å². The molecule has 135 valence electrons. The Morgan fingerprint density at radius 2 is 1.67 bits per heavy atom. The number of nitrogens with zero attached hydrogens (tertiary/aromatic N) is 2. The van der Waals surface area contributed by atoms with Crippen LogP contribution >= 0.6 is 0 Å². The molecule has 1 radical (unpaired) electrons. The van der Waals surface area contributed by atoms with Crippen molar-refractivity contribution in [2.24, 2.45) is 7.05 Å². The number of carbonyl (C=O) groups is 1. The van der Waals surface area contributed by atoms with Gasteiger partial charge in [-0.2, -0.15) is 0 Å². The van der Waals surface area contributed by atoms with Gasteiger partial charge in [-0.15, -0.1) is 17.2 Å². The molecule has 0 fully saturated rings. The van der Waals surface area contributed by atoms with Gasteiger partial charge in [0.15, 0.2) is 5.78 Å². The van der Waals surface area contributed by atoms with Gasteiger partial charge in [0.05, 0.1) is 5.56 Å². The van der Waals surface area contributed by atoms with Crippen LogP contribution in [0.1, 0.15) is 39.5 Å². The average Bonchev–Trinajstić information content (AvgIpc) is 3.03. The van der Waals surface area contributed by atoms with Crippen LogP contribution < -0.4 is 10.3 Å². The molecular weight excluding hydrogens is 413 g/mol. The molecule has 3 aromatic rings. The van der Waals surface area contributed by atoms with Crippen molar-refractivity contribution in [1.82, 2.24) is 4.57 Å². The number of pyridine rings is 1. The number of Topliss-reactive ketones (excluding diaryl/α,β-unsaturated/α-hetero) is 1. The number of anilines is 1. The maximum absolute atomic E-state index is 12.8. The van der Waals surface area contributed by atoms with Crippen molar-refractivity contribution in [3.05, 3.63) is 74.6 Å². The number of hydrogen-bond acceptors (Lipinski definition) is 3. The molecule has 0 saturated heterocycles. The largest absolute Gasteiger partial charge is 0.385 e. The van der Waals surface area contributed by atoms with Gasteiger partial charge in [-0.05, 0) is 18.1 Å². The fourth-order valence-corrected chi connectivity index (χ4v) is 3.86. The van der Waals surface area contributed by atoms with Crippen LogP contribution in [0, 0.1) is 19.9 Å². The topological polar surface area (TPSA) is 42.3 Å². The van der Waals surface area contributed by atoms with Crippen LogP contribution in [0.3, 0.4) is 0 Å². The molecule has 27 heavy (non-hydrogen) atoms. The Hall–Kier alpha value is -1.78. The van der Waals surface area contributed by atoms with Crippen LogP contribution in [-0.2, 0) is 52.8 Å². The summed E-state index contributed by atoms with van der Waals surface area (Å²) >= 11 is 0. The number of fused-ring (bicyclic) bond motifs is 2. The van der Waals surface area contributed by atoms with E-state index in [4.69, 9.17) is 0 Å². The standard InChI is InChI=1S/C22H21N2O2.Y/c1-13-14(2)21-20(23(4)12-18(15(3)25)22(21)26)9-19(13)24-10-16-7-5-6-8-17(16)11-24;/h5-8,12H,10-11H2,1-4H3;/q-1;. The number of carbonyl (C=O) groups excluding carboxylic acids is 1. The number of aromatic nitrogens is 1. The van der Waals surface area contributed by atoms with Crippen molar-refractivity contribution in [3.63, 3.8) is 0 Å². The predicted molar refractivity (Wildman–Crippen MR) is 104 cm³/mol. The fraction of sp³-hybridized carbons (Fsp3) is 0.273. The molecule has 0 N–H and O–H groups in total. The van der Waals surface area contributed by atoms with E-state index in [-0.39, 0.29) is 49.5 Å². The molecule has 0 amide bonds. The number of rotatable bonds is 2. The summed E-state index contributed by atoms with van der Waals surface area (Å²) in [6, 6.07) is 11.9. The minimum atomic E-state index is -0.205. The first-order chi connectivity index (χ1) is 12.4. The zero-order valence-electron chi connectivity index (χ0n) is 16.1. The quantitative estimate of drug-likeness (QED) is 0.457. The smallest absolute Gasteiger partial charge is 0.164 e. The minimum Gasteiger partial charge on any atom is -0.385 e. The molecule has 0 spiro atoms. The summed E-state index contributed by atoms with van der Waals surface area (Å²) in [5.41, 5.74) is 6.44. The van der Waals surface area contributed by atoms with Gasteiger partial charge in [-0.1, -0.05) is 54.7 Å². The van der Waals surface area contributed by atoms with Crippen LogP contribution in [0.2, 0.25) is 0 Å².